The molecule has 1 saturated heterocycles. The number of imide groups is 1. The van der Waals surface area contributed by atoms with E-state index in [-0.39, 0.29) is 28.4 Å². The molecule has 0 radical (unpaired) electrons. The molecule has 1 aromatic rings. The third-order valence-corrected chi connectivity index (χ3v) is 4.78. The van der Waals surface area contributed by atoms with Crippen LogP contribution in [0.3, 0.4) is 0 Å². The number of carbonyl (C=O) groups excluding carboxylic acids is 2. The monoisotopic (exact) mass is 303 g/mol. The second-order valence-electron chi connectivity index (χ2n) is 5.79. The van der Waals surface area contributed by atoms with Gasteiger partial charge in [0, 0.05) is 11.7 Å². The lowest BCUT2D eigenvalue weighted by Gasteiger charge is -2.37. The molecular formula is C17H21NO2S. The Morgan fingerprint density at radius 1 is 1.29 bits per heavy atom. The summed E-state index contributed by atoms with van der Waals surface area (Å²) in [6.45, 7) is 9.83. The van der Waals surface area contributed by atoms with Crippen LogP contribution in [0.1, 0.15) is 38.0 Å². The number of hydrogen-bond donors (Lipinski definition) is 0. The number of hydrogen-bond acceptors (Lipinski definition) is 3. The largest absolute Gasteiger partial charge is 0.289 e. The van der Waals surface area contributed by atoms with Gasteiger partial charge in [-0.05, 0) is 18.4 Å². The molecule has 2 amide bonds. The molecule has 1 fully saturated rings. The molecule has 0 aliphatic carbocycles. The highest BCUT2D eigenvalue weighted by molar-refractivity contribution is 8.13. The molecule has 0 bridgehead atoms. The number of nitrogens with zero attached hydrogens (tertiary/aromatic N) is 1. The smallest absolute Gasteiger partial charge is 0.274 e. The van der Waals surface area contributed by atoms with Gasteiger partial charge in [0.25, 0.3) is 5.24 Å². The van der Waals surface area contributed by atoms with Gasteiger partial charge in [-0.1, -0.05) is 68.1 Å². The van der Waals surface area contributed by atoms with Crippen LogP contribution in [-0.4, -0.2) is 22.1 Å². The first-order valence-electron chi connectivity index (χ1n) is 7.14. The molecule has 1 aliphatic rings. The first kappa shape index (κ1) is 15.8. The zero-order valence-electron chi connectivity index (χ0n) is 12.7. The Kier molecular flexibility index (Phi) is 4.88. The third-order valence-electron chi connectivity index (χ3n) is 3.65. The van der Waals surface area contributed by atoms with E-state index in [0.717, 1.165) is 11.1 Å². The van der Waals surface area contributed by atoms with Crippen molar-refractivity contribution in [3.8, 4) is 0 Å². The van der Waals surface area contributed by atoms with E-state index in [2.05, 4.69) is 6.58 Å². The number of benzene rings is 1. The van der Waals surface area contributed by atoms with Crippen molar-refractivity contribution in [1.82, 2.24) is 4.90 Å². The van der Waals surface area contributed by atoms with E-state index in [4.69, 9.17) is 0 Å². The summed E-state index contributed by atoms with van der Waals surface area (Å²) in [6, 6.07) is 9.51. The van der Waals surface area contributed by atoms with Gasteiger partial charge in [-0.3, -0.25) is 14.5 Å². The molecule has 1 aromatic carbocycles. The van der Waals surface area contributed by atoms with Crippen molar-refractivity contribution in [3.05, 3.63) is 48.0 Å². The van der Waals surface area contributed by atoms with Gasteiger partial charge in [-0.2, -0.15) is 0 Å². The lowest BCUT2D eigenvalue weighted by atomic mass is 9.96. The highest BCUT2D eigenvalue weighted by atomic mass is 32.2. The number of carbonyl (C=O) groups is 2. The van der Waals surface area contributed by atoms with Crippen molar-refractivity contribution in [2.45, 2.75) is 38.5 Å². The molecule has 0 aromatic heterocycles. The summed E-state index contributed by atoms with van der Waals surface area (Å²) < 4.78 is 0. The Labute approximate surface area is 130 Å². The predicted molar refractivity (Wildman–Crippen MR) is 87.1 cm³/mol. The highest BCUT2D eigenvalue weighted by Crippen LogP contribution is 2.40. The average molecular weight is 303 g/mol. The quantitative estimate of drug-likeness (QED) is 0.773. The summed E-state index contributed by atoms with van der Waals surface area (Å²) in [6.07, 6.45) is 0.358. The maximum atomic E-state index is 12.5. The Bertz CT molecular complexity index is 535. The fraction of sp³-hybridized carbons (Fsp3) is 0.412. The molecule has 21 heavy (non-hydrogen) atoms. The lowest BCUT2D eigenvalue weighted by molar-refractivity contribution is -0.130. The zero-order valence-corrected chi connectivity index (χ0v) is 13.5. The van der Waals surface area contributed by atoms with Crippen molar-refractivity contribution < 1.29 is 9.59 Å². The van der Waals surface area contributed by atoms with Crippen LogP contribution in [0.4, 0.5) is 4.79 Å². The van der Waals surface area contributed by atoms with Crippen molar-refractivity contribution in [2.75, 3.05) is 0 Å². The molecule has 0 unspecified atom stereocenters. The van der Waals surface area contributed by atoms with Crippen LogP contribution in [0.15, 0.2) is 42.5 Å². The van der Waals surface area contributed by atoms with Crippen LogP contribution < -0.4 is 0 Å². The minimum Gasteiger partial charge on any atom is -0.274 e. The molecule has 0 N–H and O–H groups in total. The van der Waals surface area contributed by atoms with Gasteiger partial charge in [-0.25, -0.2) is 0 Å². The van der Waals surface area contributed by atoms with Crippen molar-refractivity contribution in [2.24, 2.45) is 5.92 Å². The van der Waals surface area contributed by atoms with E-state index in [1.807, 2.05) is 51.1 Å². The van der Waals surface area contributed by atoms with Gasteiger partial charge in [0.2, 0.25) is 5.91 Å². The topological polar surface area (TPSA) is 37.4 Å². The molecule has 2 rings (SSSR count). The van der Waals surface area contributed by atoms with Crippen LogP contribution in [0.25, 0.3) is 0 Å². The second kappa shape index (κ2) is 6.48. The van der Waals surface area contributed by atoms with E-state index in [0.29, 0.717) is 6.42 Å². The maximum absolute atomic E-state index is 12.5. The molecule has 2 atom stereocenters. The summed E-state index contributed by atoms with van der Waals surface area (Å²) in [4.78, 5) is 26.4. The fourth-order valence-electron chi connectivity index (χ4n) is 2.79. The van der Waals surface area contributed by atoms with Crippen LogP contribution in [0.5, 0.6) is 0 Å². The molecule has 1 aliphatic heterocycles. The molecule has 4 heteroatoms. The number of thioether (sulfide) groups is 1. The van der Waals surface area contributed by atoms with E-state index in [1.165, 1.54) is 16.7 Å². The van der Waals surface area contributed by atoms with Crippen molar-refractivity contribution in [3.63, 3.8) is 0 Å². The summed E-state index contributed by atoms with van der Waals surface area (Å²) >= 11 is 1.24. The van der Waals surface area contributed by atoms with Gasteiger partial charge in [0.05, 0.1) is 6.04 Å². The maximum Gasteiger partial charge on any atom is 0.289 e. The van der Waals surface area contributed by atoms with Crippen molar-refractivity contribution in [1.29, 1.82) is 0 Å². The number of rotatable bonds is 4. The molecule has 3 nitrogen and oxygen atoms in total. The first-order valence-corrected chi connectivity index (χ1v) is 8.02. The summed E-state index contributed by atoms with van der Waals surface area (Å²) in [5.74, 6) is 0.0681. The Morgan fingerprint density at radius 2 is 1.90 bits per heavy atom. The molecule has 1 heterocycles. The van der Waals surface area contributed by atoms with Gasteiger partial charge in [0.15, 0.2) is 0 Å². The average Bonchev–Trinajstić information content (AvgIpc) is 2.42. The fourth-order valence-corrected chi connectivity index (χ4v) is 3.88. The second-order valence-corrected chi connectivity index (χ2v) is 6.94. The van der Waals surface area contributed by atoms with E-state index in [9.17, 15) is 9.59 Å². The lowest BCUT2D eigenvalue weighted by Crippen LogP contribution is -2.48. The predicted octanol–water partition coefficient (Wildman–Crippen LogP) is 4.41. The number of amides is 2. The van der Waals surface area contributed by atoms with Crippen LogP contribution in [0.2, 0.25) is 0 Å². The molecule has 112 valence electrons. The standard InChI is InChI=1S/C17H21NO2S/c1-11(2)16(12(3)4)18-15(19)10-14(21-17(18)20)13-8-6-5-7-9-13/h5-9,12,14,16H,1,10H2,2-4H3/t14-,16-/m0/s1. The minimum atomic E-state index is -0.214. The van der Waals surface area contributed by atoms with Crippen LogP contribution in [-0.2, 0) is 4.79 Å². The van der Waals surface area contributed by atoms with Crippen LogP contribution >= 0.6 is 11.8 Å². The molecular weight excluding hydrogens is 282 g/mol. The van der Waals surface area contributed by atoms with Crippen molar-refractivity contribution >= 4 is 22.9 Å². The van der Waals surface area contributed by atoms with E-state index < -0.39 is 0 Å². The van der Waals surface area contributed by atoms with Gasteiger partial charge in [-0.15, -0.1) is 0 Å². The Morgan fingerprint density at radius 3 is 2.38 bits per heavy atom. The minimum absolute atomic E-state index is 0.0830. The normalized spacial score (nSPS) is 20.8. The zero-order chi connectivity index (χ0) is 15.6. The SMILES string of the molecule is C=C(C)[C@@H](C(C)C)N1C(=O)C[C@@H](c2ccccc2)SC1=O. The molecule has 0 saturated carbocycles. The van der Waals surface area contributed by atoms with Gasteiger partial charge < -0.3 is 0 Å². The van der Waals surface area contributed by atoms with Gasteiger partial charge >= 0.3 is 0 Å². The van der Waals surface area contributed by atoms with Gasteiger partial charge in [0.1, 0.15) is 0 Å². The summed E-state index contributed by atoms with van der Waals surface area (Å²) in [5, 5.41) is -0.248. The summed E-state index contributed by atoms with van der Waals surface area (Å²) in [5.41, 5.74) is 1.88. The Hall–Kier alpha value is -1.55. The van der Waals surface area contributed by atoms with Crippen LogP contribution in [0, 0.1) is 5.92 Å². The van der Waals surface area contributed by atoms with E-state index >= 15 is 0 Å². The Balaban J connectivity index is 2.22. The third kappa shape index (κ3) is 3.38. The summed E-state index contributed by atoms with van der Waals surface area (Å²) in [7, 11) is 0. The first-order chi connectivity index (χ1) is 9.91. The highest BCUT2D eigenvalue weighted by Gasteiger charge is 2.39. The van der Waals surface area contributed by atoms with E-state index in [1.54, 1.807) is 0 Å². The molecule has 0 spiro atoms.